The summed E-state index contributed by atoms with van der Waals surface area (Å²) in [7, 11) is 0. The van der Waals surface area contributed by atoms with Crippen LogP contribution in [0.5, 0.6) is 0 Å². The average molecular weight is 467 g/mol. The number of aromatic nitrogens is 1. The molecule has 1 aliphatic heterocycles. The summed E-state index contributed by atoms with van der Waals surface area (Å²) in [5, 5.41) is 2.96. The van der Waals surface area contributed by atoms with E-state index in [2.05, 4.69) is 9.88 Å². The zero-order valence-electron chi connectivity index (χ0n) is 19.4. The van der Waals surface area contributed by atoms with E-state index in [0.717, 1.165) is 35.5 Å². The molecule has 7 heteroatoms. The van der Waals surface area contributed by atoms with Crippen molar-refractivity contribution in [2.24, 2.45) is 0 Å². The first-order chi connectivity index (χ1) is 17.1. The van der Waals surface area contributed by atoms with Crippen LogP contribution in [0.1, 0.15) is 35.9 Å². The van der Waals surface area contributed by atoms with Crippen LogP contribution in [-0.4, -0.2) is 34.0 Å². The number of para-hydroxylation sites is 2. The van der Waals surface area contributed by atoms with Crippen LogP contribution < -0.4 is 10.2 Å². The summed E-state index contributed by atoms with van der Waals surface area (Å²) < 4.78 is 7.89. The maximum atomic E-state index is 14.0. The highest BCUT2D eigenvalue weighted by Crippen LogP contribution is 2.42. The molecular formula is C28H26N4O3. The number of anilines is 2. The second-order valence-corrected chi connectivity index (χ2v) is 9.13. The van der Waals surface area contributed by atoms with Crippen LogP contribution in [0.15, 0.2) is 89.7 Å². The highest BCUT2D eigenvalue weighted by Gasteiger charge is 2.40. The number of fused-ring (bicyclic) bond motifs is 3. The minimum atomic E-state index is -0.427. The number of carbonyl (C=O) groups is 2. The Morgan fingerprint density at radius 2 is 1.74 bits per heavy atom. The van der Waals surface area contributed by atoms with Crippen LogP contribution in [-0.2, 0) is 4.79 Å². The summed E-state index contributed by atoms with van der Waals surface area (Å²) in [5.74, 6) is 0.520. The normalized spacial score (nSPS) is 16.4. The van der Waals surface area contributed by atoms with Crippen LogP contribution in [0.2, 0.25) is 0 Å². The molecule has 3 heterocycles. The van der Waals surface area contributed by atoms with Gasteiger partial charge in [0.2, 0.25) is 5.91 Å². The van der Waals surface area contributed by atoms with Crippen molar-refractivity contribution in [1.29, 1.82) is 0 Å². The monoisotopic (exact) mass is 466 g/mol. The van der Waals surface area contributed by atoms with Crippen molar-refractivity contribution in [2.75, 3.05) is 16.8 Å². The molecule has 0 radical (unpaired) electrons. The molecule has 6 rings (SSSR count). The van der Waals surface area contributed by atoms with Gasteiger partial charge in [-0.25, -0.2) is 4.79 Å². The number of nitrogens with zero attached hydrogens (tertiary/aromatic N) is 3. The van der Waals surface area contributed by atoms with Gasteiger partial charge in [-0.15, -0.1) is 0 Å². The first-order valence-corrected chi connectivity index (χ1v) is 11.9. The highest BCUT2D eigenvalue weighted by molar-refractivity contribution is 6.01. The van der Waals surface area contributed by atoms with Gasteiger partial charge >= 0.3 is 6.03 Å². The number of aryl methyl sites for hydroxylation is 1. The fourth-order valence-electron chi connectivity index (χ4n) is 4.78. The molecule has 4 aromatic rings. The van der Waals surface area contributed by atoms with E-state index < -0.39 is 6.04 Å². The lowest BCUT2D eigenvalue weighted by Crippen LogP contribution is -2.48. The minimum absolute atomic E-state index is 0.0192. The zero-order chi connectivity index (χ0) is 23.9. The van der Waals surface area contributed by atoms with E-state index in [9.17, 15) is 9.59 Å². The number of benzene rings is 2. The third-order valence-electron chi connectivity index (χ3n) is 6.66. The number of rotatable bonds is 5. The van der Waals surface area contributed by atoms with Crippen molar-refractivity contribution in [3.63, 3.8) is 0 Å². The minimum Gasteiger partial charge on any atom is -0.467 e. The second-order valence-electron chi connectivity index (χ2n) is 9.13. The average Bonchev–Trinajstić information content (AvgIpc) is 3.34. The number of hydrogen-bond acceptors (Lipinski definition) is 3. The Hall–Kier alpha value is -4.26. The molecule has 1 aliphatic carbocycles. The topological polar surface area (TPSA) is 70.7 Å². The van der Waals surface area contributed by atoms with Gasteiger partial charge in [-0.1, -0.05) is 29.8 Å². The first kappa shape index (κ1) is 21.3. The lowest BCUT2D eigenvalue weighted by Gasteiger charge is -2.38. The molecule has 1 saturated carbocycles. The van der Waals surface area contributed by atoms with Gasteiger partial charge in [-0.3, -0.25) is 9.69 Å². The largest absolute Gasteiger partial charge is 0.467 e. The maximum absolute atomic E-state index is 14.0. The molecule has 1 unspecified atom stereocenters. The van der Waals surface area contributed by atoms with E-state index in [0.29, 0.717) is 11.4 Å². The van der Waals surface area contributed by atoms with Gasteiger partial charge in [0.05, 0.1) is 23.3 Å². The summed E-state index contributed by atoms with van der Waals surface area (Å²) in [5.41, 5.74) is 4.49. The van der Waals surface area contributed by atoms with Crippen molar-refractivity contribution < 1.29 is 14.0 Å². The Balaban J connectivity index is 1.33. The summed E-state index contributed by atoms with van der Waals surface area (Å²) in [6.07, 6.45) is 5.42. The molecule has 35 heavy (non-hydrogen) atoms. The summed E-state index contributed by atoms with van der Waals surface area (Å²) in [4.78, 5) is 30.7. The standard InChI is InChI=1S/C28H26N4O3/c1-19-10-12-20(13-11-19)29-28(34)31(21-14-15-21)18-26(33)32-23-7-3-2-6-22(23)30-16-4-8-24(30)27(32)25-9-5-17-35-25/h2-13,16-17,21,27H,14-15,18H2,1H3,(H,29,34). The van der Waals surface area contributed by atoms with Crippen LogP contribution >= 0.6 is 0 Å². The summed E-state index contributed by atoms with van der Waals surface area (Å²) in [6, 6.07) is 22.6. The lowest BCUT2D eigenvalue weighted by atomic mass is 10.0. The fourth-order valence-corrected chi connectivity index (χ4v) is 4.78. The molecule has 2 aliphatic rings. The number of hydrogen-bond donors (Lipinski definition) is 1. The zero-order valence-corrected chi connectivity index (χ0v) is 19.4. The highest BCUT2D eigenvalue weighted by atomic mass is 16.3. The SMILES string of the molecule is Cc1ccc(NC(=O)N(CC(=O)N2c3ccccc3-n3cccc3C2c2ccco2)C2CC2)cc1. The Labute approximate surface area is 203 Å². The first-order valence-electron chi connectivity index (χ1n) is 11.9. The van der Waals surface area contributed by atoms with Gasteiger partial charge in [0.1, 0.15) is 18.3 Å². The number of urea groups is 1. The summed E-state index contributed by atoms with van der Waals surface area (Å²) in [6.45, 7) is 1.98. The van der Waals surface area contributed by atoms with Gasteiger partial charge < -0.3 is 19.2 Å². The Kier molecular flexibility index (Phi) is 5.17. The van der Waals surface area contributed by atoms with E-state index >= 15 is 0 Å². The Morgan fingerprint density at radius 1 is 0.971 bits per heavy atom. The molecular weight excluding hydrogens is 440 g/mol. The molecule has 1 fully saturated rings. The lowest BCUT2D eigenvalue weighted by molar-refractivity contribution is -0.119. The molecule has 3 amide bonds. The number of furan rings is 1. The van der Waals surface area contributed by atoms with Crippen LogP contribution in [0.3, 0.4) is 0 Å². The van der Waals surface area contributed by atoms with E-state index in [1.54, 1.807) is 16.1 Å². The van der Waals surface area contributed by atoms with Crippen molar-refractivity contribution in [1.82, 2.24) is 9.47 Å². The van der Waals surface area contributed by atoms with Crippen molar-refractivity contribution in [3.8, 4) is 5.69 Å². The van der Waals surface area contributed by atoms with E-state index in [1.165, 1.54) is 0 Å². The molecule has 7 nitrogen and oxygen atoms in total. The van der Waals surface area contributed by atoms with E-state index in [4.69, 9.17) is 4.42 Å². The molecule has 1 atom stereocenters. The predicted molar refractivity (Wildman–Crippen MR) is 134 cm³/mol. The third kappa shape index (κ3) is 3.89. The number of carbonyl (C=O) groups excluding carboxylic acids is 2. The molecule has 0 spiro atoms. The van der Waals surface area contributed by atoms with Gasteiger partial charge in [-0.2, -0.15) is 0 Å². The van der Waals surface area contributed by atoms with E-state index in [1.807, 2.05) is 85.9 Å². The number of nitrogens with one attached hydrogen (secondary N) is 1. The van der Waals surface area contributed by atoms with Gasteiger partial charge in [0, 0.05) is 17.9 Å². The van der Waals surface area contributed by atoms with Crippen molar-refractivity contribution in [3.05, 3.63) is 102 Å². The van der Waals surface area contributed by atoms with Gasteiger partial charge in [-0.05, 0) is 68.3 Å². The van der Waals surface area contributed by atoms with E-state index in [-0.39, 0.29) is 24.5 Å². The van der Waals surface area contributed by atoms with Crippen LogP contribution in [0, 0.1) is 6.92 Å². The van der Waals surface area contributed by atoms with Gasteiger partial charge in [0.15, 0.2) is 0 Å². The maximum Gasteiger partial charge on any atom is 0.322 e. The second kappa shape index (κ2) is 8.51. The van der Waals surface area contributed by atoms with Crippen LogP contribution in [0.4, 0.5) is 16.2 Å². The van der Waals surface area contributed by atoms with Crippen molar-refractivity contribution >= 4 is 23.3 Å². The number of amides is 3. The summed E-state index contributed by atoms with van der Waals surface area (Å²) >= 11 is 0. The smallest absolute Gasteiger partial charge is 0.322 e. The van der Waals surface area contributed by atoms with Crippen LogP contribution in [0.25, 0.3) is 5.69 Å². The Morgan fingerprint density at radius 3 is 2.46 bits per heavy atom. The predicted octanol–water partition coefficient (Wildman–Crippen LogP) is 5.51. The molecule has 0 saturated heterocycles. The molecule has 0 bridgehead atoms. The molecule has 2 aromatic heterocycles. The quantitative estimate of drug-likeness (QED) is 0.422. The molecule has 1 N–H and O–H groups in total. The third-order valence-corrected chi connectivity index (χ3v) is 6.66. The Bertz CT molecular complexity index is 1370. The van der Waals surface area contributed by atoms with Gasteiger partial charge in [0.25, 0.3) is 0 Å². The fraction of sp³-hybridized carbons (Fsp3) is 0.214. The molecule has 2 aromatic carbocycles. The van der Waals surface area contributed by atoms with Crippen molar-refractivity contribution in [2.45, 2.75) is 31.8 Å². The molecule has 176 valence electrons.